The largest absolute Gasteiger partial charge is 0.324 e. The van der Waals surface area contributed by atoms with Crippen LogP contribution >= 0.6 is 11.6 Å². The molecule has 0 aromatic heterocycles. The third-order valence-electron chi connectivity index (χ3n) is 2.74. The van der Waals surface area contributed by atoms with Crippen LogP contribution in [0.15, 0.2) is 23.8 Å². The normalized spacial score (nSPS) is 17.2. The van der Waals surface area contributed by atoms with Gasteiger partial charge in [-0.3, -0.25) is 0 Å². The third-order valence-corrected chi connectivity index (χ3v) is 3.07. The molecule has 0 saturated carbocycles. The predicted octanol–water partition coefficient (Wildman–Crippen LogP) is 3.02. The van der Waals surface area contributed by atoms with Crippen LogP contribution in [0, 0.1) is 0 Å². The molecule has 1 aliphatic carbocycles. The summed E-state index contributed by atoms with van der Waals surface area (Å²) >= 11 is 6.13. The van der Waals surface area contributed by atoms with Gasteiger partial charge in [-0.25, -0.2) is 0 Å². The van der Waals surface area contributed by atoms with Crippen LogP contribution in [0.3, 0.4) is 0 Å². The molecule has 1 atom stereocenters. The summed E-state index contributed by atoms with van der Waals surface area (Å²) in [7, 11) is 0. The van der Waals surface area contributed by atoms with E-state index in [1.54, 1.807) is 0 Å². The number of benzene rings is 1. The average Bonchev–Trinajstić information content (AvgIpc) is 2.18. The Morgan fingerprint density at radius 3 is 2.86 bits per heavy atom. The third kappa shape index (κ3) is 1.70. The van der Waals surface area contributed by atoms with E-state index in [9.17, 15) is 0 Å². The quantitative estimate of drug-likeness (QED) is 0.753. The molecule has 1 nitrogen and oxygen atoms in total. The van der Waals surface area contributed by atoms with Crippen molar-refractivity contribution in [1.29, 1.82) is 0 Å². The van der Waals surface area contributed by atoms with Crippen LogP contribution in [0.1, 0.15) is 24.5 Å². The highest BCUT2D eigenvalue weighted by atomic mass is 35.5. The molecule has 14 heavy (non-hydrogen) atoms. The molecule has 1 aromatic rings. The van der Waals surface area contributed by atoms with Gasteiger partial charge in [-0.05, 0) is 37.0 Å². The number of aryl methyl sites for hydroxylation is 1. The first kappa shape index (κ1) is 9.75. The SMILES string of the molecule is CC(N)C1=Cc2c(Cl)cccc2CC1. The van der Waals surface area contributed by atoms with Crippen LogP contribution in [-0.4, -0.2) is 6.04 Å². The second-order valence-corrected chi connectivity index (χ2v) is 4.23. The Hall–Kier alpha value is -0.790. The number of hydrogen-bond donors (Lipinski definition) is 1. The zero-order chi connectivity index (χ0) is 10.1. The molecule has 0 fully saturated rings. The standard InChI is InChI=1S/C12H14ClN/c1-8(14)10-6-5-9-3-2-4-12(13)11(9)7-10/h2-4,7-8H,5-6,14H2,1H3. The van der Waals surface area contributed by atoms with Gasteiger partial charge in [0.1, 0.15) is 0 Å². The van der Waals surface area contributed by atoms with Crippen molar-refractivity contribution in [2.24, 2.45) is 5.73 Å². The number of fused-ring (bicyclic) bond motifs is 1. The van der Waals surface area contributed by atoms with Gasteiger partial charge in [0.05, 0.1) is 0 Å². The van der Waals surface area contributed by atoms with Gasteiger partial charge < -0.3 is 5.73 Å². The Kier molecular flexibility index (Phi) is 2.62. The van der Waals surface area contributed by atoms with Crippen LogP contribution in [-0.2, 0) is 6.42 Å². The highest BCUT2D eigenvalue weighted by Crippen LogP contribution is 2.30. The fourth-order valence-corrected chi connectivity index (χ4v) is 2.11. The van der Waals surface area contributed by atoms with Crippen LogP contribution in [0.25, 0.3) is 6.08 Å². The molecule has 2 heteroatoms. The lowest BCUT2D eigenvalue weighted by atomic mass is 9.89. The summed E-state index contributed by atoms with van der Waals surface area (Å²) in [5.41, 5.74) is 9.65. The van der Waals surface area contributed by atoms with E-state index in [1.165, 1.54) is 11.1 Å². The molecule has 0 heterocycles. The number of rotatable bonds is 1. The fraction of sp³-hybridized carbons (Fsp3) is 0.333. The lowest BCUT2D eigenvalue weighted by Gasteiger charge is -2.19. The van der Waals surface area contributed by atoms with Gasteiger partial charge in [-0.15, -0.1) is 0 Å². The fourth-order valence-electron chi connectivity index (χ4n) is 1.86. The minimum Gasteiger partial charge on any atom is -0.324 e. The van der Waals surface area contributed by atoms with Crippen molar-refractivity contribution in [3.05, 3.63) is 39.9 Å². The van der Waals surface area contributed by atoms with Gasteiger partial charge in [0.15, 0.2) is 0 Å². The molecule has 0 aliphatic heterocycles. The number of halogens is 1. The Bertz CT molecular complexity index is 380. The van der Waals surface area contributed by atoms with E-state index in [0.717, 1.165) is 23.4 Å². The lowest BCUT2D eigenvalue weighted by Crippen LogP contribution is -2.20. The van der Waals surface area contributed by atoms with E-state index in [-0.39, 0.29) is 6.04 Å². The zero-order valence-corrected chi connectivity index (χ0v) is 9.01. The van der Waals surface area contributed by atoms with E-state index in [2.05, 4.69) is 12.1 Å². The zero-order valence-electron chi connectivity index (χ0n) is 8.26. The first-order chi connectivity index (χ1) is 6.68. The van der Waals surface area contributed by atoms with Gasteiger partial charge in [-0.2, -0.15) is 0 Å². The van der Waals surface area contributed by atoms with Crippen molar-refractivity contribution in [2.45, 2.75) is 25.8 Å². The number of hydrogen-bond acceptors (Lipinski definition) is 1. The Morgan fingerprint density at radius 1 is 1.36 bits per heavy atom. The van der Waals surface area contributed by atoms with Crippen LogP contribution < -0.4 is 5.73 Å². The smallest absolute Gasteiger partial charge is 0.0481 e. The summed E-state index contributed by atoms with van der Waals surface area (Å²) in [5.74, 6) is 0. The molecule has 2 N–H and O–H groups in total. The molecule has 1 aromatic carbocycles. The Labute approximate surface area is 89.6 Å². The van der Waals surface area contributed by atoms with E-state index in [4.69, 9.17) is 17.3 Å². The molecule has 0 saturated heterocycles. The summed E-state index contributed by atoms with van der Waals surface area (Å²) in [5, 5.41) is 0.834. The second-order valence-electron chi connectivity index (χ2n) is 3.82. The summed E-state index contributed by atoms with van der Waals surface area (Å²) in [6, 6.07) is 6.21. The molecular weight excluding hydrogens is 194 g/mol. The van der Waals surface area contributed by atoms with Crippen molar-refractivity contribution >= 4 is 17.7 Å². The van der Waals surface area contributed by atoms with E-state index < -0.39 is 0 Å². The summed E-state index contributed by atoms with van der Waals surface area (Å²) in [6.45, 7) is 2.02. The second kappa shape index (κ2) is 3.76. The van der Waals surface area contributed by atoms with E-state index >= 15 is 0 Å². The molecule has 0 radical (unpaired) electrons. The van der Waals surface area contributed by atoms with Crippen molar-refractivity contribution in [3.63, 3.8) is 0 Å². The van der Waals surface area contributed by atoms with Crippen molar-refractivity contribution in [2.75, 3.05) is 0 Å². The molecule has 0 spiro atoms. The molecular formula is C12H14ClN. The maximum Gasteiger partial charge on any atom is 0.0481 e. The van der Waals surface area contributed by atoms with Crippen LogP contribution in [0.4, 0.5) is 0 Å². The molecule has 2 rings (SSSR count). The molecule has 0 bridgehead atoms. The van der Waals surface area contributed by atoms with Crippen LogP contribution in [0.5, 0.6) is 0 Å². The van der Waals surface area contributed by atoms with Crippen molar-refractivity contribution in [3.8, 4) is 0 Å². The van der Waals surface area contributed by atoms with Gasteiger partial charge in [0.2, 0.25) is 0 Å². The Morgan fingerprint density at radius 2 is 2.14 bits per heavy atom. The summed E-state index contributed by atoms with van der Waals surface area (Å²) < 4.78 is 0. The maximum atomic E-state index is 6.13. The highest BCUT2D eigenvalue weighted by molar-refractivity contribution is 6.32. The predicted molar refractivity (Wildman–Crippen MR) is 61.4 cm³/mol. The van der Waals surface area contributed by atoms with Gasteiger partial charge in [-0.1, -0.05) is 35.4 Å². The molecule has 74 valence electrons. The highest BCUT2D eigenvalue weighted by Gasteiger charge is 2.14. The summed E-state index contributed by atoms with van der Waals surface area (Å²) in [4.78, 5) is 0. The van der Waals surface area contributed by atoms with Gasteiger partial charge in [0.25, 0.3) is 0 Å². The number of nitrogens with two attached hydrogens (primary N) is 1. The minimum absolute atomic E-state index is 0.138. The lowest BCUT2D eigenvalue weighted by molar-refractivity contribution is 0.777. The minimum atomic E-state index is 0.138. The molecule has 0 amide bonds. The summed E-state index contributed by atoms with van der Waals surface area (Å²) in [6.07, 6.45) is 4.26. The maximum absolute atomic E-state index is 6.13. The van der Waals surface area contributed by atoms with E-state index in [0.29, 0.717) is 0 Å². The van der Waals surface area contributed by atoms with Crippen LogP contribution in [0.2, 0.25) is 5.02 Å². The monoisotopic (exact) mass is 207 g/mol. The van der Waals surface area contributed by atoms with E-state index in [1.807, 2.05) is 19.1 Å². The van der Waals surface area contributed by atoms with Gasteiger partial charge in [0, 0.05) is 11.1 Å². The molecule has 1 aliphatic rings. The molecule has 1 unspecified atom stereocenters. The first-order valence-electron chi connectivity index (χ1n) is 4.92. The van der Waals surface area contributed by atoms with Crippen molar-refractivity contribution in [1.82, 2.24) is 0 Å². The van der Waals surface area contributed by atoms with Crippen molar-refractivity contribution < 1.29 is 0 Å². The first-order valence-corrected chi connectivity index (χ1v) is 5.29. The average molecular weight is 208 g/mol. The topological polar surface area (TPSA) is 26.0 Å². The Balaban J connectivity index is 2.47. The van der Waals surface area contributed by atoms with Gasteiger partial charge >= 0.3 is 0 Å².